The number of rotatable bonds is 5. The number of esters is 1. The van der Waals surface area contributed by atoms with E-state index in [1.165, 1.54) is 0 Å². The van der Waals surface area contributed by atoms with Crippen LogP contribution in [0.15, 0.2) is 29.4 Å². The lowest BCUT2D eigenvalue weighted by molar-refractivity contribution is -0.135. The molecule has 5 nitrogen and oxygen atoms in total. The molecule has 0 heterocycles. The molecule has 90 valence electrons. The molecule has 6 heteroatoms. The molecule has 0 saturated carbocycles. The van der Waals surface area contributed by atoms with Gasteiger partial charge in [0.15, 0.2) is 6.29 Å². The second-order valence-electron chi connectivity index (χ2n) is 2.96. The maximum atomic E-state index is 11.2. The summed E-state index contributed by atoms with van der Waals surface area (Å²) in [6.07, 6.45) is 0.329. The molecule has 0 bridgehead atoms. The fourth-order valence-electron chi connectivity index (χ4n) is 1.01. The first-order chi connectivity index (χ1) is 8.17. The van der Waals surface area contributed by atoms with E-state index in [2.05, 4.69) is 15.3 Å². The number of halogens is 1. The Morgan fingerprint density at radius 3 is 2.94 bits per heavy atom. The van der Waals surface area contributed by atoms with Crippen molar-refractivity contribution >= 4 is 35.3 Å². The Bertz CT molecular complexity index is 446. The largest absolute Gasteiger partial charge is 0.461 e. The standard InChI is InChI=1S/C11H11ClN2O3/c1-2-17-11(16)10(7-15)14-13-9-5-3-4-8(12)6-9/h3-7,13H,2H2,1H3. The number of ether oxygens (including phenoxy) is 1. The Morgan fingerprint density at radius 2 is 2.35 bits per heavy atom. The van der Waals surface area contributed by atoms with Gasteiger partial charge < -0.3 is 4.74 Å². The molecule has 1 aromatic rings. The fraction of sp³-hybridized carbons (Fsp3) is 0.182. The van der Waals surface area contributed by atoms with Gasteiger partial charge in [-0.15, -0.1) is 0 Å². The Labute approximate surface area is 103 Å². The number of hydrazone groups is 1. The minimum absolute atomic E-state index is 0.183. The van der Waals surface area contributed by atoms with Crippen LogP contribution in [-0.2, 0) is 14.3 Å². The molecule has 1 aromatic carbocycles. The molecule has 1 N–H and O–H groups in total. The van der Waals surface area contributed by atoms with Crippen LogP contribution in [0.1, 0.15) is 6.92 Å². The SMILES string of the molecule is CCOC(=O)C(C=O)=NNc1cccc(Cl)c1. The zero-order valence-electron chi connectivity index (χ0n) is 9.14. The van der Waals surface area contributed by atoms with E-state index in [-0.39, 0.29) is 12.3 Å². The van der Waals surface area contributed by atoms with E-state index in [0.717, 1.165) is 0 Å². The van der Waals surface area contributed by atoms with Crippen LogP contribution in [0.2, 0.25) is 5.02 Å². The predicted molar refractivity (Wildman–Crippen MR) is 65.2 cm³/mol. The van der Waals surface area contributed by atoms with E-state index in [0.29, 0.717) is 17.0 Å². The molecule has 0 unspecified atom stereocenters. The zero-order chi connectivity index (χ0) is 12.7. The number of anilines is 1. The van der Waals surface area contributed by atoms with Crippen LogP contribution in [0, 0.1) is 0 Å². The van der Waals surface area contributed by atoms with Crippen molar-refractivity contribution in [3.63, 3.8) is 0 Å². The second kappa shape index (κ2) is 6.65. The fourth-order valence-corrected chi connectivity index (χ4v) is 1.20. The van der Waals surface area contributed by atoms with Crippen molar-refractivity contribution in [2.45, 2.75) is 6.92 Å². The quantitative estimate of drug-likeness (QED) is 0.286. The van der Waals surface area contributed by atoms with Crippen molar-refractivity contribution in [2.75, 3.05) is 12.0 Å². The molecule has 0 radical (unpaired) electrons. The van der Waals surface area contributed by atoms with Crippen LogP contribution in [0.3, 0.4) is 0 Å². The Kier molecular flexibility index (Phi) is 5.16. The van der Waals surface area contributed by atoms with E-state index in [9.17, 15) is 9.59 Å². The number of benzene rings is 1. The third kappa shape index (κ3) is 4.24. The lowest BCUT2D eigenvalue weighted by atomic mass is 10.3. The zero-order valence-corrected chi connectivity index (χ0v) is 9.90. The third-order valence-corrected chi connectivity index (χ3v) is 1.96. The van der Waals surface area contributed by atoms with Crippen LogP contribution in [0.4, 0.5) is 5.69 Å². The summed E-state index contributed by atoms with van der Waals surface area (Å²) in [6.45, 7) is 1.83. The minimum atomic E-state index is -0.767. The first kappa shape index (κ1) is 13.2. The summed E-state index contributed by atoms with van der Waals surface area (Å²) < 4.78 is 4.64. The smallest absolute Gasteiger partial charge is 0.362 e. The van der Waals surface area contributed by atoms with Crippen molar-refractivity contribution in [1.82, 2.24) is 0 Å². The van der Waals surface area contributed by atoms with Crippen LogP contribution in [0.25, 0.3) is 0 Å². The summed E-state index contributed by atoms with van der Waals surface area (Å²) in [6, 6.07) is 6.72. The maximum Gasteiger partial charge on any atom is 0.362 e. The van der Waals surface area contributed by atoms with Crippen LogP contribution < -0.4 is 5.43 Å². The van der Waals surface area contributed by atoms with Gasteiger partial charge in [0, 0.05) is 5.02 Å². The number of nitrogens with one attached hydrogen (secondary N) is 1. The van der Waals surface area contributed by atoms with Crippen LogP contribution >= 0.6 is 11.6 Å². The lowest BCUT2D eigenvalue weighted by Gasteiger charge is -2.02. The molecular weight excluding hydrogens is 244 g/mol. The maximum absolute atomic E-state index is 11.2. The monoisotopic (exact) mass is 254 g/mol. The number of carbonyl (C=O) groups is 2. The van der Waals surface area contributed by atoms with Crippen LogP contribution in [-0.4, -0.2) is 24.6 Å². The summed E-state index contributed by atoms with van der Waals surface area (Å²) in [5.41, 5.74) is 2.79. The van der Waals surface area contributed by atoms with E-state index in [4.69, 9.17) is 11.6 Å². The van der Waals surface area contributed by atoms with Gasteiger partial charge in [-0.05, 0) is 25.1 Å². The van der Waals surface area contributed by atoms with Gasteiger partial charge in [0.1, 0.15) is 0 Å². The van der Waals surface area contributed by atoms with E-state index in [1.54, 1.807) is 31.2 Å². The van der Waals surface area contributed by atoms with E-state index >= 15 is 0 Å². The van der Waals surface area contributed by atoms with Gasteiger partial charge in [-0.2, -0.15) is 5.10 Å². The number of hydrogen-bond donors (Lipinski definition) is 1. The summed E-state index contributed by atoms with van der Waals surface area (Å²) >= 11 is 5.76. The van der Waals surface area contributed by atoms with Crippen molar-refractivity contribution < 1.29 is 14.3 Å². The van der Waals surface area contributed by atoms with Crippen molar-refractivity contribution in [2.24, 2.45) is 5.10 Å². The number of aldehydes is 1. The summed E-state index contributed by atoms with van der Waals surface area (Å²) in [5.74, 6) is -0.767. The Hall–Kier alpha value is -1.88. The summed E-state index contributed by atoms with van der Waals surface area (Å²) in [4.78, 5) is 21.8. The lowest BCUT2D eigenvalue weighted by Crippen LogP contribution is -2.20. The Balaban J connectivity index is 2.74. The van der Waals surface area contributed by atoms with Gasteiger partial charge in [-0.3, -0.25) is 10.2 Å². The average molecular weight is 255 g/mol. The summed E-state index contributed by atoms with van der Waals surface area (Å²) in [7, 11) is 0. The van der Waals surface area contributed by atoms with Gasteiger partial charge in [-0.1, -0.05) is 17.7 Å². The molecule has 0 aliphatic heterocycles. The molecule has 0 aromatic heterocycles. The first-order valence-corrected chi connectivity index (χ1v) is 5.26. The normalized spacial score (nSPS) is 10.8. The average Bonchev–Trinajstić information content (AvgIpc) is 2.30. The van der Waals surface area contributed by atoms with Gasteiger partial charge >= 0.3 is 5.97 Å². The topological polar surface area (TPSA) is 67.8 Å². The van der Waals surface area contributed by atoms with Crippen molar-refractivity contribution in [3.05, 3.63) is 29.3 Å². The Morgan fingerprint density at radius 1 is 1.59 bits per heavy atom. The first-order valence-electron chi connectivity index (χ1n) is 4.89. The van der Waals surface area contributed by atoms with E-state index < -0.39 is 5.97 Å². The second-order valence-corrected chi connectivity index (χ2v) is 3.39. The van der Waals surface area contributed by atoms with Crippen molar-refractivity contribution in [3.8, 4) is 0 Å². The predicted octanol–water partition coefficient (Wildman–Crippen LogP) is 1.87. The molecular formula is C11H11ClN2O3. The highest BCUT2D eigenvalue weighted by Gasteiger charge is 2.11. The van der Waals surface area contributed by atoms with Gasteiger partial charge in [0.2, 0.25) is 5.71 Å². The number of nitrogens with zero attached hydrogens (tertiary/aromatic N) is 1. The highest BCUT2D eigenvalue weighted by atomic mass is 35.5. The van der Waals surface area contributed by atoms with Crippen molar-refractivity contribution in [1.29, 1.82) is 0 Å². The third-order valence-electron chi connectivity index (χ3n) is 1.73. The van der Waals surface area contributed by atoms with E-state index in [1.807, 2.05) is 0 Å². The molecule has 0 amide bonds. The van der Waals surface area contributed by atoms with Crippen LogP contribution in [0.5, 0.6) is 0 Å². The van der Waals surface area contributed by atoms with Gasteiger partial charge in [0.25, 0.3) is 0 Å². The van der Waals surface area contributed by atoms with Gasteiger partial charge in [0.05, 0.1) is 12.3 Å². The highest BCUT2D eigenvalue weighted by molar-refractivity contribution is 6.58. The molecule has 17 heavy (non-hydrogen) atoms. The summed E-state index contributed by atoms with van der Waals surface area (Å²) in [5, 5.41) is 4.16. The number of hydrogen-bond acceptors (Lipinski definition) is 5. The molecule has 0 aliphatic carbocycles. The molecule has 1 rings (SSSR count). The molecule has 0 spiro atoms. The van der Waals surface area contributed by atoms with Gasteiger partial charge in [-0.25, -0.2) is 4.79 Å². The molecule has 0 atom stereocenters. The minimum Gasteiger partial charge on any atom is -0.461 e. The number of carbonyl (C=O) groups excluding carboxylic acids is 2. The highest BCUT2D eigenvalue weighted by Crippen LogP contribution is 2.14. The molecule has 0 fully saturated rings. The molecule has 0 aliphatic rings. The molecule has 0 saturated heterocycles.